The van der Waals surface area contributed by atoms with Gasteiger partial charge in [0.1, 0.15) is 0 Å². The molecule has 1 atom stereocenters. The van der Waals surface area contributed by atoms with Crippen LogP contribution in [0.1, 0.15) is 18.4 Å². The SMILES string of the molecule is CN=C(NCC(C1CC1)N(C)C)N1CCN(Cc2cc(OC)c(OC)c(OC)c2)CC1.I. The van der Waals surface area contributed by atoms with Crippen LogP contribution >= 0.6 is 24.0 Å². The van der Waals surface area contributed by atoms with E-state index in [-0.39, 0.29) is 24.0 Å². The Balaban J connectivity index is 0.00000363. The van der Waals surface area contributed by atoms with E-state index in [0.29, 0.717) is 23.3 Å². The van der Waals surface area contributed by atoms with Gasteiger partial charge in [-0.25, -0.2) is 0 Å². The Morgan fingerprint density at radius 2 is 1.66 bits per heavy atom. The smallest absolute Gasteiger partial charge is 0.203 e. The largest absolute Gasteiger partial charge is 0.493 e. The van der Waals surface area contributed by atoms with E-state index >= 15 is 0 Å². The molecule has 1 aromatic rings. The van der Waals surface area contributed by atoms with Crippen LogP contribution in [0, 0.1) is 5.92 Å². The number of hydrogen-bond acceptors (Lipinski definition) is 6. The van der Waals surface area contributed by atoms with Crippen LogP contribution in [0.4, 0.5) is 0 Å². The van der Waals surface area contributed by atoms with E-state index < -0.39 is 0 Å². The minimum atomic E-state index is 0. The Labute approximate surface area is 210 Å². The number of guanidine groups is 1. The summed E-state index contributed by atoms with van der Waals surface area (Å²) in [7, 11) is 11.2. The number of methoxy groups -OCH3 is 3. The van der Waals surface area contributed by atoms with Gasteiger partial charge >= 0.3 is 0 Å². The zero-order valence-electron chi connectivity index (χ0n) is 20.4. The molecular formula is C23H40IN5O3. The van der Waals surface area contributed by atoms with Gasteiger partial charge in [0.05, 0.1) is 21.3 Å². The first-order chi connectivity index (χ1) is 15.0. The number of piperazine rings is 1. The van der Waals surface area contributed by atoms with Crippen LogP contribution in [0.2, 0.25) is 0 Å². The average Bonchev–Trinajstić information content (AvgIpc) is 3.61. The summed E-state index contributed by atoms with van der Waals surface area (Å²) in [4.78, 5) is 11.7. The van der Waals surface area contributed by atoms with Crippen molar-refractivity contribution in [2.75, 3.05) is 75.2 Å². The van der Waals surface area contributed by atoms with Gasteiger partial charge in [-0.1, -0.05) is 0 Å². The summed E-state index contributed by atoms with van der Waals surface area (Å²) < 4.78 is 16.4. The van der Waals surface area contributed by atoms with Crippen molar-refractivity contribution in [3.63, 3.8) is 0 Å². The number of benzene rings is 1. The molecule has 1 aliphatic carbocycles. The number of halogens is 1. The van der Waals surface area contributed by atoms with Crippen LogP contribution in [0.3, 0.4) is 0 Å². The number of rotatable bonds is 9. The third kappa shape index (κ3) is 6.77. The summed E-state index contributed by atoms with van der Waals surface area (Å²) in [6.45, 7) is 5.69. The molecule has 2 fully saturated rings. The van der Waals surface area contributed by atoms with Gasteiger partial charge < -0.3 is 29.3 Å². The second-order valence-electron chi connectivity index (χ2n) is 8.59. The molecule has 1 aliphatic heterocycles. The fourth-order valence-electron chi connectivity index (χ4n) is 4.38. The van der Waals surface area contributed by atoms with Crippen molar-refractivity contribution < 1.29 is 14.2 Å². The molecule has 1 heterocycles. The fraction of sp³-hybridized carbons (Fsp3) is 0.696. The first-order valence-corrected chi connectivity index (χ1v) is 11.1. The second kappa shape index (κ2) is 12.7. The summed E-state index contributed by atoms with van der Waals surface area (Å²) in [5.41, 5.74) is 1.16. The quantitative estimate of drug-likeness (QED) is 0.282. The van der Waals surface area contributed by atoms with Crippen LogP contribution in [-0.4, -0.2) is 102 Å². The second-order valence-corrected chi connectivity index (χ2v) is 8.59. The van der Waals surface area contributed by atoms with Gasteiger partial charge in [-0.15, -0.1) is 24.0 Å². The predicted octanol–water partition coefficient (Wildman–Crippen LogP) is 2.36. The van der Waals surface area contributed by atoms with Crippen molar-refractivity contribution in [2.45, 2.75) is 25.4 Å². The van der Waals surface area contributed by atoms with E-state index in [9.17, 15) is 0 Å². The lowest BCUT2D eigenvalue weighted by molar-refractivity contribution is 0.171. The normalized spacial score (nSPS) is 18.2. The number of hydrogen-bond donors (Lipinski definition) is 1. The van der Waals surface area contributed by atoms with Crippen molar-refractivity contribution >= 4 is 29.9 Å². The van der Waals surface area contributed by atoms with Gasteiger partial charge in [-0.3, -0.25) is 9.89 Å². The first kappa shape index (κ1) is 26.8. The van der Waals surface area contributed by atoms with Crippen LogP contribution in [-0.2, 0) is 6.54 Å². The lowest BCUT2D eigenvalue weighted by atomic mass is 10.1. The summed E-state index contributed by atoms with van der Waals surface area (Å²) in [6.07, 6.45) is 2.70. The first-order valence-electron chi connectivity index (χ1n) is 11.1. The minimum Gasteiger partial charge on any atom is -0.493 e. The van der Waals surface area contributed by atoms with Crippen LogP contribution in [0.25, 0.3) is 0 Å². The number of ether oxygens (including phenoxy) is 3. The van der Waals surface area contributed by atoms with Crippen LogP contribution < -0.4 is 19.5 Å². The topological polar surface area (TPSA) is 61.8 Å². The molecule has 32 heavy (non-hydrogen) atoms. The van der Waals surface area contributed by atoms with E-state index in [2.05, 4.69) is 39.1 Å². The van der Waals surface area contributed by atoms with Gasteiger partial charge in [0.2, 0.25) is 5.75 Å². The summed E-state index contributed by atoms with van der Waals surface area (Å²) >= 11 is 0. The van der Waals surface area contributed by atoms with Gasteiger partial charge in [0.25, 0.3) is 0 Å². The molecule has 0 radical (unpaired) electrons. The molecule has 3 rings (SSSR count). The van der Waals surface area contributed by atoms with Crippen molar-refractivity contribution in [3.05, 3.63) is 17.7 Å². The van der Waals surface area contributed by atoms with Crippen molar-refractivity contribution in [3.8, 4) is 17.2 Å². The molecular weight excluding hydrogens is 521 g/mol. The molecule has 0 bridgehead atoms. The number of nitrogens with zero attached hydrogens (tertiary/aromatic N) is 4. The highest BCUT2D eigenvalue weighted by Crippen LogP contribution is 2.38. The highest BCUT2D eigenvalue weighted by Gasteiger charge is 2.33. The van der Waals surface area contributed by atoms with E-state index in [0.717, 1.165) is 56.7 Å². The fourth-order valence-corrected chi connectivity index (χ4v) is 4.38. The lowest BCUT2D eigenvalue weighted by Crippen LogP contribution is -2.54. The molecule has 1 unspecified atom stereocenters. The van der Waals surface area contributed by atoms with Crippen LogP contribution in [0.15, 0.2) is 17.1 Å². The Bertz CT molecular complexity index is 722. The maximum Gasteiger partial charge on any atom is 0.203 e. The van der Waals surface area contributed by atoms with E-state index in [1.165, 1.54) is 12.8 Å². The standard InChI is InChI=1S/C23H39N5O3.HI/c1-24-23(25-15-19(26(2)3)18-7-8-18)28-11-9-27(10-12-28)16-17-13-20(29-4)22(31-6)21(14-17)30-5;/h13-14,18-19H,7-12,15-16H2,1-6H3,(H,24,25);1H. The number of nitrogens with one attached hydrogen (secondary N) is 1. The molecule has 182 valence electrons. The Morgan fingerprint density at radius 1 is 1.06 bits per heavy atom. The number of aliphatic imine (C=N–C) groups is 1. The molecule has 1 saturated heterocycles. The minimum absolute atomic E-state index is 0. The molecule has 1 saturated carbocycles. The molecule has 0 aromatic heterocycles. The van der Waals surface area contributed by atoms with Crippen LogP contribution in [0.5, 0.6) is 17.2 Å². The van der Waals surface area contributed by atoms with Crippen molar-refractivity contribution in [1.29, 1.82) is 0 Å². The molecule has 0 spiro atoms. The maximum absolute atomic E-state index is 5.50. The molecule has 2 aliphatic rings. The van der Waals surface area contributed by atoms with Crippen molar-refractivity contribution in [2.24, 2.45) is 10.9 Å². The van der Waals surface area contributed by atoms with Crippen molar-refractivity contribution in [1.82, 2.24) is 20.0 Å². The average molecular weight is 562 g/mol. The third-order valence-corrected chi connectivity index (χ3v) is 6.31. The highest BCUT2D eigenvalue weighted by atomic mass is 127. The highest BCUT2D eigenvalue weighted by molar-refractivity contribution is 14.0. The van der Waals surface area contributed by atoms with E-state index in [1.54, 1.807) is 21.3 Å². The molecule has 0 amide bonds. The van der Waals surface area contributed by atoms with Gasteiger partial charge in [-0.05, 0) is 50.6 Å². The predicted molar refractivity (Wildman–Crippen MR) is 140 cm³/mol. The molecule has 8 nitrogen and oxygen atoms in total. The number of likely N-dealkylation sites (N-methyl/N-ethyl adjacent to an activating group) is 1. The molecule has 9 heteroatoms. The Hall–Kier alpha value is -1.46. The zero-order valence-corrected chi connectivity index (χ0v) is 22.7. The monoisotopic (exact) mass is 561 g/mol. The van der Waals surface area contributed by atoms with Gasteiger partial charge in [-0.2, -0.15) is 0 Å². The zero-order chi connectivity index (χ0) is 22.4. The van der Waals surface area contributed by atoms with Gasteiger partial charge in [0.15, 0.2) is 17.5 Å². The van der Waals surface area contributed by atoms with Gasteiger partial charge in [0, 0.05) is 52.4 Å². The third-order valence-electron chi connectivity index (χ3n) is 6.31. The summed E-state index contributed by atoms with van der Waals surface area (Å²) in [5, 5.41) is 3.62. The summed E-state index contributed by atoms with van der Waals surface area (Å²) in [5.74, 6) is 3.88. The van der Waals surface area contributed by atoms with E-state index in [4.69, 9.17) is 14.2 Å². The summed E-state index contributed by atoms with van der Waals surface area (Å²) in [6, 6.07) is 4.65. The Kier molecular flexibility index (Phi) is 10.6. The molecule has 1 N–H and O–H groups in total. The lowest BCUT2D eigenvalue weighted by Gasteiger charge is -2.37. The molecule has 1 aromatic carbocycles. The maximum atomic E-state index is 5.50. The Morgan fingerprint density at radius 3 is 2.09 bits per heavy atom. The van der Waals surface area contributed by atoms with E-state index in [1.807, 2.05) is 19.2 Å².